The molecule has 7 rings (SSSR count). The summed E-state index contributed by atoms with van der Waals surface area (Å²) in [6.07, 6.45) is 0.154. The zero-order valence-electron chi connectivity index (χ0n) is 28.9. The number of nitro benzene ring substituents is 1. The minimum atomic E-state index is -1.26. The van der Waals surface area contributed by atoms with Crippen molar-refractivity contribution < 1.29 is 24.0 Å². The standard InChI is InChI=1S/C38H37N7O6/c1-6-50-35(46)33-39-43(28-18-20-30(21-19-28)45(48)49)37(5)24-38(27-11-9-8-10-12-27)42(32-23-26(4)15-22-31(32)41(33)37)34(36(47)51-7-2)40-44(38)29-16-13-25(3)14-17-29/h8-23H,6-7,24H2,1-5H3/t37-,38-/m1/s1. The molecule has 0 spiro atoms. The number of hydrogen-bond donors (Lipinski definition) is 0. The Labute approximate surface area is 295 Å². The lowest BCUT2D eigenvalue weighted by molar-refractivity contribution is -0.384. The summed E-state index contributed by atoms with van der Waals surface area (Å²) in [5, 5.41) is 25.2. The summed E-state index contributed by atoms with van der Waals surface area (Å²) in [4.78, 5) is 42.9. The summed E-state index contributed by atoms with van der Waals surface area (Å²) in [6.45, 7) is 9.63. The molecule has 3 heterocycles. The van der Waals surface area contributed by atoms with Crippen molar-refractivity contribution in [3.05, 3.63) is 124 Å². The van der Waals surface area contributed by atoms with E-state index in [0.29, 0.717) is 22.7 Å². The first-order valence-electron chi connectivity index (χ1n) is 16.7. The van der Waals surface area contributed by atoms with Gasteiger partial charge in [0, 0.05) is 24.1 Å². The van der Waals surface area contributed by atoms with Crippen LogP contribution in [0.1, 0.15) is 43.9 Å². The quantitative estimate of drug-likeness (QED) is 0.113. The predicted molar refractivity (Wildman–Crippen MR) is 195 cm³/mol. The zero-order valence-corrected chi connectivity index (χ0v) is 28.9. The molecule has 0 fully saturated rings. The van der Waals surface area contributed by atoms with Gasteiger partial charge in [-0.25, -0.2) is 19.6 Å². The molecule has 0 amide bonds. The lowest BCUT2D eigenvalue weighted by atomic mass is 9.86. The van der Waals surface area contributed by atoms with Gasteiger partial charge in [-0.3, -0.25) is 19.9 Å². The van der Waals surface area contributed by atoms with E-state index in [1.807, 2.05) is 108 Å². The maximum atomic E-state index is 14.1. The van der Waals surface area contributed by atoms with Crippen LogP contribution in [-0.4, -0.2) is 47.4 Å². The fourth-order valence-corrected chi connectivity index (χ4v) is 7.25. The number of anilines is 4. The highest BCUT2D eigenvalue weighted by molar-refractivity contribution is 6.45. The number of benzene rings is 4. The second-order valence-corrected chi connectivity index (χ2v) is 12.8. The summed E-state index contributed by atoms with van der Waals surface area (Å²) >= 11 is 0. The summed E-state index contributed by atoms with van der Waals surface area (Å²) in [5.74, 6) is -1.18. The Bertz CT molecular complexity index is 2090. The van der Waals surface area contributed by atoms with Crippen molar-refractivity contribution in [1.82, 2.24) is 0 Å². The number of nitrogens with zero attached hydrogens (tertiary/aromatic N) is 7. The van der Waals surface area contributed by atoms with E-state index in [9.17, 15) is 19.7 Å². The van der Waals surface area contributed by atoms with Crippen molar-refractivity contribution in [2.75, 3.05) is 33.0 Å². The van der Waals surface area contributed by atoms with Crippen molar-refractivity contribution >= 4 is 52.0 Å². The molecular weight excluding hydrogens is 650 g/mol. The number of esters is 2. The smallest absolute Gasteiger partial charge is 0.376 e. The van der Waals surface area contributed by atoms with Crippen molar-refractivity contribution in [2.45, 2.75) is 52.4 Å². The van der Waals surface area contributed by atoms with Gasteiger partial charge in [-0.2, -0.15) is 0 Å². The van der Waals surface area contributed by atoms with Crippen LogP contribution in [-0.2, 0) is 24.7 Å². The number of hydrogen-bond acceptors (Lipinski definition) is 12. The van der Waals surface area contributed by atoms with E-state index >= 15 is 0 Å². The molecule has 13 heteroatoms. The van der Waals surface area contributed by atoms with Crippen LogP contribution >= 0.6 is 0 Å². The summed E-state index contributed by atoms with van der Waals surface area (Å²) in [6, 6.07) is 29.5. The fourth-order valence-electron chi connectivity index (χ4n) is 7.25. The van der Waals surface area contributed by atoms with Crippen LogP contribution in [0.5, 0.6) is 0 Å². The molecule has 0 aromatic heterocycles. The van der Waals surface area contributed by atoms with Crippen LogP contribution in [0.3, 0.4) is 0 Å². The van der Waals surface area contributed by atoms with E-state index in [2.05, 4.69) is 0 Å². The summed E-state index contributed by atoms with van der Waals surface area (Å²) in [7, 11) is 0. The van der Waals surface area contributed by atoms with Gasteiger partial charge in [0.1, 0.15) is 5.66 Å². The summed E-state index contributed by atoms with van der Waals surface area (Å²) in [5.41, 5.74) is 2.57. The molecule has 0 unspecified atom stereocenters. The number of nitro groups is 1. The monoisotopic (exact) mass is 687 g/mol. The highest BCUT2D eigenvalue weighted by Crippen LogP contribution is 2.57. The van der Waals surface area contributed by atoms with Gasteiger partial charge in [-0.1, -0.05) is 54.1 Å². The van der Waals surface area contributed by atoms with E-state index in [0.717, 1.165) is 16.7 Å². The molecule has 3 aliphatic heterocycles. The highest BCUT2D eigenvalue weighted by atomic mass is 16.6. The van der Waals surface area contributed by atoms with Crippen molar-refractivity contribution in [1.29, 1.82) is 0 Å². The van der Waals surface area contributed by atoms with Gasteiger partial charge in [-0.15, -0.1) is 10.2 Å². The molecular formula is C38H37N7O6. The molecule has 0 bridgehead atoms. The van der Waals surface area contributed by atoms with Gasteiger partial charge < -0.3 is 9.47 Å². The number of aryl methyl sites for hydroxylation is 2. The van der Waals surface area contributed by atoms with Gasteiger partial charge >= 0.3 is 11.9 Å². The average molecular weight is 688 g/mol. The molecule has 0 saturated carbocycles. The topological polar surface area (TPSA) is 133 Å². The molecule has 13 nitrogen and oxygen atoms in total. The van der Waals surface area contributed by atoms with E-state index in [4.69, 9.17) is 19.7 Å². The Hall–Kier alpha value is -6.24. The van der Waals surface area contributed by atoms with Crippen LogP contribution in [0.25, 0.3) is 0 Å². The number of amidine groups is 2. The SMILES string of the molecule is CCOC(=O)C1=NN(c2ccc([N+](=O)[O-])cc2)[C@]2(C)C[C@]3(c4ccccc4)N(c4ccc(C)cc4)N=C(C(=O)OCC)N3c3cc(C)ccc3N12. The normalized spacial score (nSPS) is 20.5. The first-order chi connectivity index (χ1) is 24.5. The molecule has 3 aliphatic rings. The number of ether oxygens (including phenoxy) is 2. The van der Waals surface area contributed by atoms with E-state index in [-0.39, 0.29) is 37.0 Å². The largest absolute Gasteiger partial charge is 0.460 e. The minimum Gasteiger partial charge on any atom is -0.460 e. The van der Waals surface area contributed by atoms with Gasteiger partial charge in [0.25, 0.3) is 5.69 Å². The second-order valence-electron chi connectivity index (χ2n) is 12.8. The Balaban J connectivity index is 1.58. The first kappa shape index (κ1) is 33.3. The highest BCUT2D eigenvalue weighted by Gasteiger charge is 2.64. The van der Waals surface area contributed by atoms with Gasteiger partial charge in [0.15, 0.2) is 5.66 Å². The van der Waals surface area contributed by atoms with Crippen molar-refractivity contribution in [3.63, 3.8) is 0 Å². The molecule has 2 atom stereocenters. The Kier molecular flexibility index (Phi) is 8.20. The molecule has 0 saturated heterocycles. The summed E-state index contributed by atoms with van der Waals surface area (Å²) < 4.78 is 11.2. The molecule has 51 heavy (non-hydrogen) atoms. The number of carbonyl (C=O) groups excluding carboxylic acids is 2. The first-order valence-corrected chi connectivity index (χ1v) is 16.7. The van der Waals surface area contributed by atoms with Crippen molar-refractivity contribution in [2.24, 2.45) is 10.2 Å². The number of fused-ring (bicyclic) bond motifs is 5. The van der Waals surface area contributed by atoms with E-state index in [1.165, 1.54) is 12.1 Å². The number of carbonyl (C=O) groups is 2. The number of hydrazone groups is 2. The molecule has 4 aromatic carbocycles. The van der Waals surface area contributed by atoms with Gasteiger partial charge in [0.2, 0.25) is 11.7 Å². The van der Waals surface area contributed by atoms with E-state index in [1.54, 1.807) is 31.0 Å². The Morgan fingerprint density at radius 3 is 1.90 bits per heavy atom. The molecule has 0 N–H and O–H groups in total. The van der Waals surface area contributed by atoms with Crippen LogP contribution in [0.15, 0.2) is 107 Å². The minimum absolute atomic E-state index is 0.0173. The van der Waals surface area contributed by atoms with Gasteiger partial charge in [0.05, 0.1) is 40.9 Å². The molecule has 0 aliphatic carbocycles. The van der Waals surface area contributed by atoms with Crippen molar-refractivity contribution in [3.8, 4) is 0 Å². The van der Waals surface area contributed by atoms with E-state index < -0.39 is 28.2 Å². The zero-order chi connectivity index (χ0) is 36.1. The average Bonchev–Trinajstić information content (AvgIpc) is 3.59. The Morgan fingerprint density at radius 1 is 0.745 bits per heavy atom. The second kappa shape index (κ2) is 12.6. The number of rotatable bonds is 8. The predicted octanol–water partition coefficient (Wildman–Crippen LogP) is 6.59. The maximum Gasteiger partial charge on any atom is 0.376 e. The third-order valence-electron chi connectivity index (χ3n) is 9.40. The molecule has 260 valence electrons. The van der Waals surface area contributed by atoms with Crippen LogP contribution in [0, 0.1) is 24.0 Å². The lowest BCUT2D eigenvalue weighted by Crippen LogP contribution is -2.62. The maximum absolute atomic E-state index is 14.1. The molecule has 0 radical (unpaired) electrons. The molecule has 4 aromatic rings. The van der Waals surface area contributed by atoms with Crippen LogP contribution in [0.4, 0.5) is 28.4 Å². The fraction of sp³-hybridized carbons (Fsp3) is 0.263. The lowest BCUT2D eigenvalue weighted by Gasteiger charge is -2.48. The van der Waals surface area contributed by atoms with Crippen LogP contribution in [0.2, 0.25) is 0 Å². The Morgan fingerprint density at radius 2 is 1.29 bits per heavy atom. The van der Waals surface area contributed by atoms with Crippen LogP contribution < -0.4 is 19.8 Å². The third-order valence-corrected chi connectivity index (χ3v) is 9.40. The van der Waals surface area contributed by atoms with Gasteiger partial charge in [-0.05, 0) is 76.6 Å². The third kappa shape index (κ3) is 5.23. The number of non-ortho nitro benzene ring substituents is 1.